The Hall–Kier alpha value is -3.74. The predicted molar refractivity (Wildman–Crippen MR) is 151 cm³/mol. The van der Waals surface area contributed by atoms with Gasteiger partial charge in [0, 0.05) is 51.5 Å². The summed E-state index contributed by atoms with van der Waals surface area (Å²) in [5, 5.41) is 17.5. The number of halogens is 2. The topological polar surface area (TPSA) is 82.9 Å². The van der Waals surface area contributed by atoms with E-state index >= 15 is 0 Å². The van der Waals surface area contributed by atoms with Crippen molar-refractivity contribution in [3.8, 4) is 11.1 Å². The number of benzene rings is 3. The highest BCUT2D eigenvalue weighted by Gasteiger charge is 2.35. The van der Waals surface area contributed by atoms with Gasteiger partial charge in [0.25, 0.3) is 0 Å². The number of carboxylic acids is 1. The molecular weight excluding hydrogens is 521 g/mol. The molecule has 0 saturated carbocycles. The minimum absolute atomic E-state index is 0.0724. The van der Waals surface area contributed by atoms with Gasteiger partial charge in [0.2, 0.25) is 5.91 Å². The lowest BCUT2D eigenvalue weighted by atomic mass is 9.89. The van der Waals surface area contributed by atoms with Crippen LogP contribution in [0.15, 0.2) is 77.9 Å². The molecule has 0 aliphatic carbocycles. The largest absolute Gasteiger partial charge is 0.481 e. The second-order valence-electron chi connectivity index (χ2n) is 9.24. The standard InChI is InChI=1S/C30H25Cl2N3O3/c1-18-29(30(19-13-15-20(31)16-14-19)22-8-3-5-10-24(22)33-18)25-17-26(21-7-2-4-9-23(21)32)35(34-25)27(36)11-6-12-28(37)38/h2-5,7-10,13-16,26H,6,11-12,17H2,1H3,(H,37,38)/t26-/m1/s1. The molecule has 3 aromatic carbocycles. The van der Waals surface area contributed by atoms with Gasteiger partial charge in [-0.05, 0) is 48.7 Å². The van der Waals surface area contributed by atoms with Crippen LogP contribution in [0.5, 0.6) is 0 Å². The van der Waals surface area contributed by atoms with Crippen molar-refractivity contribution in [3.63, 3.8) is 0 Å². The van der Waals surface area contributed by atoms with E-state index in [0.29, 0.717) is 16.5 Å². The molecule has 5 rings (SSSR count). The van der Waals surface area contributed by atoms with Crippen molar-refractivity contribution in [3.05, 3.63) is 99.7 Å². The molecular formula is C30H25Cl2N3O3. The molecule has 1 atom stereocenters. The van der Waals surface area contributed by atoms with Crippen molar-refractivity contribution >= 4 is 51.7 Å². The van der Waals surface area contributed by atoms with Crippen LogP contribution in [0.1, 0.15) is 48.5 Å². The van der Waals surface area contributed by atoms with E-state index < -0.39 is 12.0 Å². The van der Waals surface area contributed by atoms with Gasteiger partial charge in [-0.1, -0.05) is 71.7 Å². The maximum atomic E-state index is 13.3. The Kier molecular flexibility index (Phi) is 7.45. The highest BCUT2D eigenvalue weighted by molar-refractivity contribution is 6.31. The van der Waals surface area contributed by atoms with Crippen LogP contribution in [0.2, 0.25) is 10.0 Å². The van der Waals surface area contributed by atoms with E-state index in [1.807, 2.05) is 73.7 Å². The Bertz CT molecular complexity index is 1570. The van der Waals surface area contributed by atoms with Crippen LogP contribution in [0.4, 0.5) is 0 Å². The van der Waals surface area contributed by atoms with Crippen LogP contribution < -0.4 is 0 Å². The van der Waals surface area contributed by atoms with Crippen molar-refractivity contribution in [2.45, 2.75) is 38.6 Å². The fraction of sp³-hybridized carbons (Fsp3) is 0.200. The number of nitrogens with zero attached hydrogens (tertiary/aromatic N) is 3. The summed E-state index contributed by atoms with van der Waals surface area (Å²) in [5.74, 6) is -1.18. The van der Waals surface area contributed by atoms with Gasteiger partial charge < -0.3 is 5.11 Å². The quantitative estimate of drug-likeness (QED) is 0.261. The van der Waals surface area contributed by atoms with Crippen molar-refractivity contribution in [2.24, 2.45) is 5.10 Å². The number of rotatable bonds is 7. The van der Waals surface area contributed by atoms with Gasteiger partial charge in [0.1, 0.15) is 0 Å². The van der Waals surface area contributed by atoms with E-state index in [-0.39, 0.29) is 25.2 Å². The minimum atomic E-state index is -0.934. The second-order valence-corrected chi connectivity index (χ2v) is 10.1. The molecule has 2 heterocycles. The van der Waals surface area contributed by atoms with Crippen molar-refractivity contribution in [2.75, 3.05) is 0 Å². The molecule has 1 aliphatic heterocycles. The minimum Gasteiger partial charge on any atom is -0.481 e. The van der Waals surface area contributed by atoms with Gasteiger partial charge >= 0.3 is 5.97 Å². The van der Waals surface area contributed by atoms with Gasteiger partial charge in [-0.15, -0.1) is 0 Å². The maximum absolute atomic E-state index is 13.3. The number of hydrogen-bond donors (Lipinski definition) is 1. The fourth-order valence-electron chi connectivity index (χ4n) is 4.99. The fourth-order valence-corrected chi connectivity index (χ4v) is 5.38. The molecule has 1 aliphatic rings. The molecule has 38 heavy (non-hydrogen) atoms. The van der Waals surface area contributed by atoms with E-state index in [1.54, 1.807) is 6.07 Å². The Labute approximate surface area is 230 Å². The highest BCUT2D eigenvalue weighted by Crippen LogP contribution is 2.41. The Morgan fingerprint density at radius 2 is 1.66 bits per heavy atom. The molecule has 0 spiro atoms. The lowest BCUT2D eigenvalue weighted by molar-refractivity contribution is -0.137. The molecule has 1 aromatic heterocycles. The van der Waals surface area contributed by atoms with Crippen molar-refractivity contribution < 1.29 is 14.7 Å². The Morgan fingerprint density at radius 1 is 0.947 bits per heavy atom. The zero-order valence-corrected chi connectivity index (χ0v) is 22.2. The highest BCUT2D eigenvalue weighted by atomic mass is 35.5. The average molecular weight is 546 g/mol. The number of carboxylic acid groups (broad SMARTS) is 1. The number of aryl methyl sites for hydroxylation is 1. The molecule has 192 valence electrons. The third kappa shape index (κ3) is 5.15. The molecule has 1 amide bonds. The Balaban J connectivity index is 1.65. The first kappa shape index (κ1) is 25.9. The molecule has 0 saturated heterocycles. The van der Waals surface area contributed by atoms with Crippen LogP contribution in [0, 0.1) is 6.92 Å². The summed E-state index contributed by atoms with van der Waals surface area (Å²) in [7, 11) is 0. The molecule has 0 bridgehead atoms. The van der Waals surface area contributed by atoms with Crippen LogP contribution in [0.3, 0.4) is 0 Å². The summed E-state index contributed by atoms with van der Waals surface area (Å²) in [6.45, 7) is 1.95. The Morgan fingerprint density at radius 3 is 2.39 bits per heavy atom. The third-order valence-electron chi connectivity index (χ3n) is 6.71. The maximum Gasteiger partial charge on any atom is 0.303 e. The zero-order valence-electron chi connectivity index (χ0n) is 20.7. The number of aromatic nitrogens is 1. The summed E-state index contributed by atoms with van der Waals surface area (Å²) < 4.78 is 0. The van der Waals surface area contributed by atoms with E-state index in [2.05, 4.69) is 0 Å². The summed E-state index contributed by atoms with van der Waals surface area (Å²) in [6.07, 6.45) is 0.664. The molecule has 4 aromatic rings. The van der Waals surface area contributed by atoms with Crippen LogP contribution >= 0.6 is 23.2 Å². The van der Waals surface area contributed by atoms with Crippen molar-refractivity contribution in [1.29, 1.82) is 0 Å². The van der Waals surface area contributed by atoms with Gasteiger partial charge in [-0.2, -0.15) is 5.10 Å². The van der Waals surface area contributed by atoms with Crippen LogP contribution in [-0.4, -0.2) is 32.7 Å². The molecule has 1 N–H and O–H groups in total. The van der Waals surface area contributed by atoms with Crippen molar-refractivity contribution in [1.82, 2.24) is 9.99 Å². The van der Waals surface area contributed by atoms with Crippen LogP contribution in [0.25, 0.3) is 22.0 Å². The number of para-hydroxylation sites is 1. The summed E-state index contributed by atoms with van der Waals surface area (Å²) in [6, 6.07) is 22.6. The second kappa shape index (κ2) is 10.9. The monoisotopic (exact) mass is 545 g/mol. The third-order valence-corrected chi connectivity index (χ3v) is 7.30. The first-order chi connectivity index (χ1) is 18.3. The van der Waals surface area contributed by atoms with Gasteiger partial charge in [-0.25, -0.2) is 5.01 Å². The number of pyridine rings is 1. The lowest BCUT2D eigenvalue weighted by Crippen LogP contribution is -2.27. The number of aliphatic carboxylic acids is 1. The average Bonchev–Trinajstić information content (AvgIpc) is 3.33. The van der Waals surface area contributed by atoms with E-state index in [0.717, 1.165) is 44.6 Å². The number of hydrazone groups is 1. The van der Waals surface area contributed by atoms with E-state index in [9.17, 15) is 9.59 Å². The summed E-state index contributed by atoms with van der Waals surface area (Å²) >= 11 is 12.8. The SMILES string of the molecule is Cc1nc2ccccc2c(-c2ccc(Cl)cc2)c1C1=NN(C(=O)CCCC(=O)O)[C@@H](c2ccccc2Cl)C1. The first-order valence-electron chi connectivity index (χ1n) is 12.3. The summed E-state index contributed by atoms with van der Waals surface area (Å²) in [5.41, 5.74) is 5.98. The van der Waals surface area contributed by atoms with Gasteiger partial charge in [-0.3, -0.25) is 14.6 Å². The number of carbonyl (C=O) groups excluding carboxylic acids is 1. The van der Waals surface area contributed by atoms with E-state index in [1.165, 1.54) is 5.01 Å². The predicted octanol–water partition coefficient (Wildman–Crippen LogP) is 7.45. The molecule has 0 unspecified atom stereocenters. The number of carbonyl (C=O) groups is 2. The molecule has 6 nitrogen and oxygen atoms in total. The van der Waals surface area contributed by atoms with Gasteiger partial charge in [0.15, 0.2) is 0 Å². The number of fused-ring (bicyclic) bond motifs is 1. The van der Waals surface area contributed by atoms with Gasteiger partial charge in [0.05, 0.1) is 17.3 Å². The van der Waals surface area contributed by atoms with Crippen LogP contribution in [-0.2, 0) is 9.59 Å². The molecule has 8 heteroatoms. The number of amides is 1. The smallest absolute Gasteiger partial charge is 0.303 e. The number of hydrogen-bond acceptors (Lipinski definition) is 4. The van der Waals surface area contributed by atoms with E-state index in [4.69, 9.17) is 38.4 Å². The first-order valence-corrected chi connectivity index (χ1v) is 13.1. The molecule has 0 radical (unpaired) electrons. The normalized spacial score (nSPS) is 15.1. The lowest BCUT2D eigenvalue weighted by Gasteiger charge is -2.23. The zero-order chi connectivity index (χ0) is 26.8. The summed E-state index contributed by atoms with van der Waals surface area (Å²) in [4.78, 5) is 29.2. The molecule has 0 fully saturated rings.